The van der Waals surface area contributed by atoms with E-state index in [4.69, 9.17) is 4.74 Å². The number of carbonyl (C=O) groups excluding carboxylic acids is 1. The number of nitrogens with one attached hydrogen (secondary N) is 1. The molecule has 0 aliphatic heterocycles. The summed E-state index contributed by atoms with van der Waals surface area (Å²) in [4.78, 5) is 12.2. The molecule has 1 aliphatic carbocycles. The van der Waals surface area contributed by atoms with Crippen molar-refractivity contribution in [2.75, 3.05) is 11.9 Å². The first-order chi connectivity index (χ1) is 10.0. The van der Waals surface area contributed by atoms with Crippen molar-refractivity contribution in [2.24, 2.45) is 5.41 Å². The molecule has 21 heavy (non-hydrogen) atoms. The third kappa shape index (κ3) is 4.47. The lowest BCUT2D eigenvalue weighted by Gasteiger charge is -2.26. The maximum Gasteiger partial charge on any atom is 0.251 e. The molecule has 1 saturated carbocycles. The van der Waals surface area contributed by atoms with E-state index in [1.165, 1.54) is 25.7 Å². The quantitative estimate of drug-likeness (QED) is 0.779. The minimum Gasteiger partial charge on any atom is -0.491 e. The summed E-state index contributed by atoms with van der Waals surface area (Å²) >= 11 is 3.60. The Balaban J connectivity index is 1.91. The third-order valence-electron chi connectivity index (χ3n) is 4.06. The van der Waals surface area contributed by atoms with Crippen LogP contribution in [-0.2, 0) is 0 Å². The zero-order chi connectivity index (χ0) is 15.3. The second-order valence-electron chi connectivity index (χ2n) is 6.21. The number of ether oxygens (including phenoxy) is 1. The van der Waals surface area contributed by atoms with Crippen LogP contribution in [0.4, 0.5) is 0 Å². The van der Waals surface area contributed by atoms with Gasteiger partial charge in [0, 0.05) is 17.4 Å². The Morgan fingerprint density at radius 3 is 2.43 bits per heavy atom. The highest BCUT2D eigenvalue weighted by Gasteiger charge is 2.33. The van der Waals surface area contributed by atoms with Crippen molar-refractivity contribution < 1.29 is 9.53 Å². The lowest BCUT2D eigenvalue weighted by atomic mass is 9.89. The van der Waals surface area contributed by atoms with Crippen molar-refractivity contribution in [3.8, 4) is 5.75 Å². The van der Waals surface area contributed by atoms with Crippen LogP contribution in [0.5, 0.6) is 5.75 Å². The smallest absolute Gasteiger partial charge is 0.251 e. The average Bonchev–Trinajstić information content (AvgIpc) is 2.94. The van der Waals surface area contributed by atoms with E-state index in [0.717, 1.165) is 17.6 Å². The van der Waals surface area contributed by atoms with Crippen LogP contribution in [-0.4, -0.2) is 23.9 Å². The number of hydrogen-bond donors (Lipinski definition) is 1. The molecular formula is C17H24BrNO2. The van der Waals surface area contributed by atoms with Gasteiger partial charge in [0.1, 0.15) is 5.75 Å². The lowest BCUT2D eigenvalue weighted by molar-refractivity contribution is 0.0935. The third-order valence-corrected chi connectivity index (χ3v) is 5.25. The Kier molecular flexibility index (Phi) is 5.68. The van der Waals surface area contributed by atoms with Gasteiger partial charge in [0.05, 0.1) is 6.10 Å². The molecule has 1 aromatic carbocycles. The molecule has 1 amide bonds. The maximum absolute atomic E-state index is 12.2. The molecule has 0 heterocycles. The maximum atomic E-state index is 12.2. The SMILES string of the molecule is CC(C)Oc1ccc(C(=O)NCC2(CBr)CCCC2)cc1. The number of carbonyl (C=O) groups is 1. The molecule has 116 valence electrons. The van der Waals surface area contributed by atoms with Crippen LogP contribution in [0, 0.1) is 5.41 Å². The summed E-state index contributed by atoms with van der Waals surface area (Å²) in [5.41, 5.74) is 0.935. The van der Waals surface area contributed by atoms with Gasteiger partial charge in [-0.3, -0.25) is 4.79 Å². The van der Waals surface area contributed by atoms with Crippen molar-refractivity contribution in [3.63, 3.8) is 0 Å². The summed E-state index contributed by atoms with van der Waals surface area (Å²) in [7, 11) is 0. The number of alkyl halides is 1. The first-order valence-corrected chi connectivity index (χ1v) is 8.78. The van der Waals surface area contributed by atoms with Gasteiger partial charge in [0.15, 0.2) is 0 Å². The van der Waals surface area contributed by atoms with E-state index in [1.54, 1.807) is 0 Å². The van der Waals surface area contributed by atoms with E-state index in [2.05, 4.69) is 21.2 Å². The Bertz CT molecular complexity index is 464. The summed E-state index contributed by atoms with van der Waals surface area (Å²) < 4.78 is 5.59. The molecule has 0 bridgehead atoms. The summed E-state index contributed by atoms with van der Waals surface area (Å²) in [6.45, 7) is 4.73. The second-order valence-corrected chi connectivity index (χ2v) is 6.78. The monoisotopic (exact) mass is 353 g/mol. The lowest BCUT2D eigenvalue weighted by Crippen LogP contribution is -2.37. The normalized spacial score (nSPS) is 17.0. The van der Waals surface area contributed by atoms with E-state index in [-0.39, 0.29) is 17.4 Å². The molecule has 0 aromatic heterocycles. The highest BCUT2D eigenvalue weighted by molar-refractivity contribution is 9.09. The first-order valence-electron chi connectivity index (χ1n) is 7.66. The fourth-order valence-electron chi connectivity index (χ4n) is 2.81. The predicted molar refractivity (Wildman–Crippen MR) is 89.2 cm³/mol. The molecule has 0 atom stereocenters. The number of rotatable bonds is 6. The van der Waals surface area contributed by atoms with Gasteiger partial charge in [0.2, 0.25) is 0 Å². The summed E-state index contributed by atoms with van der Waals surface area (Å²) in [5, 5.41) is 4.04. The van der Waals surface area contributed by atoms with Crippen molar-refractivity contribution in [3.05, 3.63) is 29.8 Å². The molecule has 1 N–H and O–H groups in total. The summed E-state index contributed by atoms with van der Waals surface area (Å²) in [6, 6.07) is 7.35. The molecule has 0 unspecified atom stereocenters. The Morgan fingerprint density at radius 2 is 1.90 bits per heavy atom. The van der Waals surface area contributed by atoms with E-state index in [1.807, 2.05) is 38.1 Å². The number of halogens is 1. The zero-order valence-electron chi connectivity index (χ0n) is 12.8. The summed E-state index contributed by atoms with van der Waals surface area (Å²) in [6.07, 6.45) is 5.07. The Morgan fingerprint density at radius 1 is 1.29 bits per heavy atom. The van der Waals surface area contributed by atoms with Gasteiger partial charge in [-0.05, 0) is 56.4 Å². The Hall–Kier alpha value is -1.03. The van der Waals surface area contributed by atoms with Crippen LogP contribution < -0.4 is 10.1 Å². The number of benzene rings is 1. The van der Waals surface area contributed by atoms with Crippen LogP contribution in [0.25, 0.3) is 0 Å². The van der Waals surface area contributed by atoms with Crippen molar-refractivity contribution in [1.29, 1.82) is 0 Å². The van der Waals surface area contributed by atoms with Gasteiger partial charge in [0.25, 0.3) is 5.91 Å². The largest absolute Gasteiger partial charge is 0.491 e. The van der Waals surface area contributed by atoms with Crippen molar-refractivity contribution >= 4 is 21.8 Å². The number of amides is 1. The molecule has 4 heteroatoms. The van der Waals surface area contributed by atoms with Gasteiger partial charge in [-0.2, -0.15) is 0 Å². The first kappa shape index (κ1) is 16.3. The Labute approximate surface area is 135 Å². The zero-order valence-corrected chi connectivity index (χ0v) is 14.4. The average molecular weight is 354 g/mol. The van der Waals surface area contributed by atoms with Crippen LogP contribution in [0.3, 0.4) is 0 Å². The van der Waals surface area contributed by atoms with Crippen LogP contribution in [0.2, 0.25) is 0 Å². The van der Waals surface area contributed by atoms with Crippen molar-refractivity contribution in [1.82, 2.24) is 5.32 Å². The molecule has 3 nitrogen and oxygen atoms in total. The fourth-order valence-corrected chi connectivity index (χ4v) is 3.57. The molecular weight excluding hydrogens is 330 g/mol. The molecule has 2 rings (SSSR count). The van der Waals surface area contributed by atoms with Gasteiger partial charge in [-0.1, -0.05) is 28.8 Å². The minimum absolute atomic E-state index is 0.00155. The summed E-state index contributed by atoms with van der Waals surface area (Å²) in [5.74, 6) is 0.799. The van der Waals surface area contributed by atoms with Gasteiger partial charge in [-0.25, -0.2) is 0 Å². The van der Waals surface area contributed by atoms with E-state index in [9.17, 15) is 4.79 Å². The fraction of sp³-hybridized carbons (Fsp3) is 0.588. The topological polar surface area (TPSA) is 38.3 Å². The van der Waals surface area contributed by atoms with Crippen LogP contribution >= 0.6 is 15.9 Å². The van der Waals surface area contributed by atoms with Crippen LogP contribution in [0.1, 0.15) is 49.9 Å². The molecule has 0 saturated heterocycles. The number of hydrogen-bond acceptors (Lipinski definition) is 2. The molecule has 1 aromatic rings. The van der Waals surface area contributed by atoms with E-state index in [0.29, 0.717) is 5.56 Å². The van der Waals surface area contributed by atoms with E-state index < -0.39 is 0 Å². The molecule has 1 aliphatic rings. The van der Waals surface area contributed by atoms with Gasteiger partial charge >= 0.3 is 0 Å². The van der Waals surface area contributed by atoms with Crippen LogP contribution in [0.15, 0.2) is 24.3 Å². The molecule has 0 radical (unpaired) electrons. The molecule has 0 spiro atoms. The standard InChI is InChI=1S/C17H24BrNO2/c1-13(2)21-15-7-5-14(6-8-15)16(20)19-12-17(11-18)9-3-4-10-17/h5-8,13H,3-4,9-12H2,1-2H3,(H,19,20). The van der Waals surface area contributed by atoms with Crippen molar-refractivity contribution in [2.45, 2.75) is 45.6 Å². The van der Waals surface area contributed by atoms with E-state index >= 15 is 0 Å². The minimum atomic E-state index is -0.00155. The van der Waals surface area contributed by atoms with Gasteiger partial charge in [-0.15, -0.1) is 0 Å². The highest BCUT2D eigenvalue weighted by atomic mass is 79.9. The van der Waals surface area contributed by atoms with Gasteiger partial charge < -0.3 is 10.1 Å². The highest BCUT2D eigenvalue weighted by Crippen LogP contribution is 2.38. The predicted octanol–water partition coefficient (Wildman–Crippen LogP) is 4.16. The second kappa shape index (κ2) is 7.30. The molecule has 1 fully saturated rings.